The maximum Gasteiger partial charge on any atom is 0.416 e. The number of nitro groups is 1. The lowest BCUT2D eigenvalue weighted by Gasteiger charge is -2.22. The minimum Gasteiger partial charge on any atom is -0.491 e. The van der Waals surface area contributed by atoms with Gasteiger partial charge in [0.25, 0.3) is 0 Å². The van der Waals surface area contributed by atoms with Crippen LogP contribution >= 0.6 is 0 Å². The van der Waals surface area contributed by atoms with Crippen molar-refractivity contribution in [2.24, 2.45) is 5.92 Å². The van der Waals surface area contributed by atoms with Crippen molar-refractivity contribution in [3.8, 4) is 23.0 Å². The normalized spacial score (nSPS) is 15.9. The minimum atomic E-state index is -4.38. The van der Waals surface area contributed by atoms with Crippen LogP contribution in [-0.2, 0) is 12.7 Å². The molecule has 0 aliphatic carbocycles. The summed E-state index contributed by atoms with van der Waals surface area (Å²) in [6.07, 6.45) is -1.57. The van der Waals surface area contributed by atoms with Gasteiger partial charge in [-0.05, 0) is 29.2 Å². The molecule has 0 saturated carbocycles. The summed E-state index contributed by atoms with van der Waals surface area (Å²) in [5.74, 6) is 0.184. The monoisotopic (exact) mass is 420 g/mol. The van der Waals surface area contributed by atoms with E-state index in [1.165, 1.54) is 24.5 Å². The van der Waals surface area contributed by atoms with Crippen LogP contribution < -0.4 is 9.47 Å². The molecule has 3 aromatic rings. The van der Waals surface area contributed by atoms with E-state index in [0.29, 0.717) is 36.8 Å². The fourth-order valence-electron chi connectivity index (χ4n) is 3.02. The summed E-state index contributed by atoms with van der Waals surface area (Å²) in [6.45, 7) is 1.07. The molecule has 4 rings (SSSR count). The maximum atomic E-state index is 12.7. The van der Waals surface area contributed by atoms with Gasteiger partial charge in [0.05, 0.1) is 24.1 Å². The van der Waals surface area contributed by atoms with E-state index in [2.05, 4.69) is 9.97 Å². The summed E-state index contributed by atoms with van der Waals surface area (Å²) < 4.78 is 50.7. The number of fused-ring (bicyclic) bond motifs is 1. The van der Waals surface area contributed by atoms with E-state index in [9.17, 15) is 23.3 Å². The molecule has 0 radical (unpaired) electrons. The van der Waals surface area contributed by atoms with Crippen molar-refractivity contribution in [3.63, 3.8) is 0 Å². The molecule has 1 unspecified atom stereocenters. The molecule has 1 aliphatic heterocycles. The van der Waals surface area contributed by atoms with E-state index >= 15 is 0 Å². The van der Waals surface area contributed by atoms with Gasteiger partial charge in [0.15, 0.2) is 0 Å². The Labute approximate surface area is 168 Å². The molecule has 0 N–H and O–H groups in total. The molecule has 3 heterocycles. The number of pyridine rings is 1. The summed E-state index contributed by atoms with van der Waals surface area (Å²) >= 11 is 0. The number of rotatable bonds is 5. The molecule has 0 saturated heterocycles. The van der Waals surface area contributed by atoms with Crippen LogP contribution in [0, 0.1) is 16.0 Å². The summed E-state index contributed by atoms with van der Waals surface area (Å²) in [7, 11) is 0. The van der Waals surface area contributed by atoms with Crippen LogP contribution in [-0.4, -0.2) is 32.7 Å². The van der Waals surface area contributed by atoms with E-state index in [1.807, 2.05) is 0 Å². The van der Waals surface area contributed by atoms with Gasteiger partial charge in [-0.3, -0.25) is 9.55 Å². The Morgan fingerprint density at radius 2 is 2.00 bits per heavy atom. The fourth-order valence-corrected chi connectivity index (χ4v) is 3.02. The second kappa shape index (κ2) is 7.65. The zero-order chi connectivity index (χ0) is 21.3. The van der Waals surface area contributed by atoms with Gasteiger partial charge in [0.1, 0.15) is 18.6 Å². The number of hydrogen-bond acceptors (Lipinski definition) is 6. The molecule has 0 fully saturated rings. The molecule has 0 spiro atoms. The Morgan fingerprint density at radius 3 is 2.63 bits per heavy atom. The second-order valence-corrected chi connectivity index (χ2v) is 6.73. The lowest BCUT2D eigenvalue weighted by molar-refractivity contribution is -0.389. The van der Waals surface area contributed by atoms with Gasteiger partial charge in [-0.25, -0.2) is 0 Å². The number of imidazole rings is 1. The first-order chi connectivity index (χ1) is 14.3. The number of nitrogens with zero attached hydrogens (tertiary/aromatic N) is 4. The van der Waals surface area contributed by atoms with Gasteiger partial charge in [-0.1, -0.05) is 12.1 Å². The van der Waals surface area contributed by atoms with Crippen LogP contribution in [0.3, 0.4) is 0 Å². The minimum absolute atomic E-state index is 0.0408. The van der Waals surface area contributed by atoms with Crippen molar-refractivity contribution in [1.29, 1.82) is 0 Å². The molecule has 1 atom stereocenters. The highest BCUT2D eigenvalue weighted by atomic mass is 19.4. The van der Waals surface area contributed by atoms with Crippen molar-refractivity contribution in [2.75, 3.05) is 13.2 Å². The van der Waals surface area contributed by atoms with Gasteiger partial charge in [-0.2, -0.15) is 13.2 Å². The lowest BCUT2D eigenvalue weighted by Crippen LogP contribution is -2.29. The van der Waals surface area contributed by atoms with Gasteiger partial charge < -0.3 is 19.6 Å². The molecule has 0 bridgehead atoms. The topological polar surface area (TPSA) is 92.3 Å². The van der Waals surface area contributed by atoms with Crippen LogP contribution in [0.2, 0.25) is 0 Å². The van der Waals surface area contributed by atoms with Crippen LogP contribution in [0.15, 0.2) is 48.8 Å². The zero-order valence-corrected chi connectivity index (χ0v) is 15.4. The van der Waals surface area contributed by atoms with Crippen molar-refractivity contribution in [3.05, 3.63) is 64.5 Å². The van der Waals surface area contributed by atoms with Crippen molar-refractivity contribution < 1.29 is 27.6 Å². The third-order valence-electron chi connectivity index (χ3n) is 4.55. The van der Waals surface area contributed by atoms with Gasteiger partial charge in [0, 0.05) is 23.0 Å². The molecule has 0 amide bonds. The van der Waals surface area contributed by atoms with E-state index in [0.717, 1.165) is 12.1 Å². The smallest absolute Gasteiger partial charge is 0.416 e. The third-order valence-corrected chi connectivity index (χ3v) is 4.55. The Hall–Kier alpha value is -3.63. The third kappa shape index (κ3) is 4.19. The van der Waals surface area contributed by atoms with Gasteiger partial charge in [0.2, 0.25) is 0 Å². The average molecular weight is 420 g/mol. The molecule has 2 aromatic heterocycles. The lowest BCUT2D eigenvalue weighted by atomic mass is 10.1. The summed E-state index contributed by atoms with van der Waals surface area (Å²) in [6, 6.07) is 8.31. The summed E-state index contributed by atoms with van der Waals surface area (Å²) in [5, 5.41) is 10.8. The highest BCUT2D eigenvalue weighted by Crippen LogP contribution is 2.31. The largest absolute Gasteiger partial charge is 0.491 e. The Morgan fingerprint density at radius 1 is 1.23 bits per heavy atom. The summed E-state index contributed by atoms with van der Waals surface area (Å²) in [5.41, 5.74) is 0.365. The predicted molar refractivity (Wildman–Crippen MR) is 98.0 cm³/mol. The van der Waals surface area contributed by atoms with E-state index < -0.39 is 16.7 Å². The Kier molecular flexibility index (Phi) is 5.02. The number of hydrogen-bond donors (Lipinski definition) is 0. The second-order valence-electron chi connectivity index (χ2n) is 6.73. The van der Waals surface area contributed by atoms with Crippen molar-refractivity contribution in [1.82, 2.24) is 14.5 Å². The van der Waals surface area contributed by atoms with Gasteiger partial charge >= 0.3 is 18.0 Å². The molecule has 30 heavy (non-hydrogen) atoms. The highest BCUT2D eigenvalue weighted by Gasteiger charge is 2.30. The molecular formula is C19H15F3N4O4. The predicted octanol–water partition coefficient (Wildman–Crippen LogP) is 3.96. The quantitative estimate of drug-likeness (QED) is 0.458. The number of alkyl halides is 3. The highest BCUT2D eigenvalue weighted by molar-refractivity contribution is 5.59. The maximum absolute atomic E-state index is 12.7. The first-order valence-corrected chi connectivity index (χ1v) is 8.90. The van der Waals surface area contributed by atoms with Crippen LogP contribution in [0.4, 0.5) is 19.0 Å². The van der Waals surface area contributed by atoms with E-state index in [-0.39, 0.29) is 17.7 Å². The number of benzene rings is 1. The van der Waals surface area contributed by atoms with E-state index in [4.69, 9.17) is 9.47 Å². The fraction of sp³-hybridized carbons (Fsp3) is 0.263. The average Bonchev–Trinajstić information content (AvgIpc) is 3.16. The summed E-state index contributed by atoms with van der Waals surface area (Å²) in [4.78, 5) is 18.2. The number of halogens is 3. The SMILES string of the molecule is O=[N+]([O-])c1cn2c(n1)OCC(COc1ccc(-c3ccc(C(F)(F)F)cc3)nc1)C2. The molecule has 11 heteroatoms. The van der Waals surface area contributed by atoms with Crippen LogP contribution in [0.1, 0.15) is 5.56 Å². The molecule has 1 aliphatic rings. The van der Waals surface area contributed by atoms with E-state index in [1.54, 1.807) is 16.7 Å². The Balaban J connectivity index is 1.35. The van der Waals surface area contributed by atoms with Gasteiger partial charge in [-0.15, -0.1) is 0 Å². The number of ether oxygens (including phenoxy) is 2. The van der Waals surface area contributed by atoms with Crippen LogP contribution in [0.25, 0.3) is 11.3 Å². The number of aromatic nitrogens is 3. The van der Waals surface area contributed by atoms with Crippen molar-refractivity contribution >= 4 is 5.82 Å². The molecule has 156 valence electrons. The first-order valence-electron chi connectivity index (χ1n) is 8.90. The zero-order valence-electron chi connectivity index (χ0n) is 15.4. The molecular weight excluding hydrogens is 405 g/mol. The van der Waals surface area contributed by atoms with Crippen LogP contribution in [0.5, 0.6) is 11.8 Å². The first kappa shape index (κ1) is 19.7. The van der Waals surface area contributed by atoms with Crippen molar-refractivity contribution in [2.45, 2.75) is 12.7 Å². The Bertz CT molecular complexity index is 1050. The molecule has 1 aromatic carbocycles. The molecule has 8 nitrogen and oxygen atoms in total. The standard InChI is InChI=1S/C19H15F3N4O4/c20-19(21,22)14-3-1-13(2-4-14)16-6-5-15(7-23-16)29-10-12-8-25-9-17(26(27)28)24-18(25)30-11-12/h1-7,9,12H,8,10-11H2.